The molecule has 0 unspecified atom stereocenters. The molecule has 0 aliphatic rings. The zero-order valence-electron chi connectivity index (χ0n) is 15.1. The molecule has 6 nitrogen and oxygen atoms in total. The zero-order valence-corrected chi connectivity index (χ0v) is 15.1. The molecule has 134 valence electrons. The number of hydrogen-bond acceptors (Lipinski definition) is 5. The van der Waals surface area contributed by atoms with Crippen molar-refractivity contribution in [1.29, 1.82) is 5.26 Å². The number of nitriles is 1. The number of anilines is 1. The number of carbonyl (C=O) groups excluding carboxylic acids is 1. The molecule has 1 N–H and O–H groups in total. The van der Waals surface area contributed by atoms with Crippen LogP contribution < -0.4 is 19.5 Å². The first-order chi connectivity index (χ1) is 12.5. The SMILES string of the molecule is COc1ccc(/C=C(\C#N)C(=O)Nc2ccccc2C)c(OC)c1OC. The Balaban J connectivity index is 2.41. The smallest absolute Gasteiger partial charge is 0.266 e. The first kappa shape index (κ1) is 18.9. The van der Waals surface area contributed by atoms with Crippen molar-refractivity contribution < 1.29 is 19.0 Å². The summed E-state index contributed by atoms with van der Waals surface area (Å²) in [6.45, 7) is 1.88. The maximum absolute atomic E-state index is 12.5. The van der Waals surface area contributed by atoms with Gasteiger partial charge in [0.1, 0.15) is 11.6 Å². The second-order valence-corrected chi connectivity index (χ2v) is 5.36. The van der Waals surface area contributed by atoms with Crippen LogP contribution in [0.3, 0.4) is 0 Å². The molecule has 0 aromatic heterocycles. The van der Waals surface area contributed by atoms with Gasteiger partial charge < -0.3 is 19.5 Å². The van der Waals surface area contributed by atoms with Gasteiger partial charge in [-0.05, 0) is 36.8 Å². The minimum absolute atomic E-state index is 0.0567. The lowest BCUT2D eigenvalue weighted by Crippen LogP contribution is -2.14. The third kappa shape index (κ3) is 3.95. The summed E-state index contributed by atoms with van der Waals surface area (Å²) >= 11 is 0. The quantitative estimate of drug-likeness (QED) is 0.635. The molecule has 2 rings (SSSR count). The fourth-order valence-corrected chi connectivity index (χ4v) is 2.44. The third-order valence-electron chi connectivity index (χ3n) is 3.79. The molecule has 0 saturated heterocycles. The van der Waals surface area contributed by atoms with Crippen LogP contribution in [-0.4, -0.2) is 27.2 Å². The van der Waals surface area contributed by atoms with E-state index in [0.29, 0.717) is 28.5 Å². The Bertz CT molecular complexity index is 882. The van der Waals surface area contributed by atoms with Gasteiger partial charge in [0, 0.05) is 11.3 Å². The van der Waals surface area contributed by atoms with E-state index in [0.717, 1.165) is 5.56 Å². The lowest BCUT2D eigenvalue weighted by atomic mass is 10.1. The fraction of sp³-hybridized carbons (Fsp3) is 0.200. The van der Waals surface area contributed by atoms with Gasteiger partial charge in [-0.2, -0.15) is 5.26 Å². The van der Waals surface area contributed by atoms with Crippen LogP contribution in [0.1, 0.15) is 11.1 Å². The number of nitrogens with zero attached hydrogens (tertiary/aromatic N) is 1. The Morgan fingerprint density at radius 1 is 1.04 bits per heavy atom. The van der Waals surface area contributed by atoms with Crippen LogP contribution in [0, 0.1) is 18.3 Å². The molecule has 0 spiro atoms. The van der Waals surface area contributed by atoms with Crippen molar-refractivity contribution in [2.75, 3.05) is 26.6 Å². The van der Waals surface area contributed by atoms with Crippen LogP contribution in [0.15, 0.2) is 42.0 Å². The molecule has 0 aliphatic carbocycles. The monoisotopic (exact) mass is 352 g/mol. The molecule has 0 saturated carbocycles. The van der Waals surface area contributed by atoms with Gasteiger partial charge in [-0.3, -0.25) is 4.79 Å². The number of benzene rings is 2. The van der Waals surface area contributed by atoms with Crippen LogP contribution in [0.5, 0.6) is 17.2 Å². The maximum Gasteiger partial charge on any atom is 0.266 e. The predicted molar refractivity (Wildman–Crippen MR) is 99.5 cm³/mol. The summed E-state index contributed by atoms with van der Waals surface area (Å²) in [6, 6.07) is 12.6. The molecule has 6 heteroatoms. The number of nitrogens with one attached hydrogen (secondary N) is 1. The van der Waals surface area contributed by atoms with E-state index in [2.05, 4.69) is 5.32 Å². The normalized spacial score (nSPS) is 10.7. The summed E-state index contributed by atoms with van der Waals surface area (Å²) in [7, 11) is 4.49. The average molecular weight is 352 g/mol. The molecule has 0 bridgehead atoms. The molecule has 0 atom stereocenters. The van der Waals surface area contributed by atoms with Crippen molar-refractivity contribution in [3.8, 4) is 23.3 Å². The first-order valence-corrected chi connectivity index (χ1v) is 7.83. The Kier molecular flexibility index (Phi) is 6.23. The van der Waals surface area contributed by atoms with E-state index in [9.17, 15) is 10.1 Å². The minimum Gasteiger partial charge on any atom is -0.493 e. The average Bonchev–Trinajstić information content (AvgIpc) is 2.66. The van der Waals surface area contributed by atoms with E-state index in [1.165, 1.54) is 27.4 Å². The summed E-state index contributed by atoms with van der Waals surface area (Å²) < 4.78 is 15.9. The number of amides is 1. The van der Waals surface area contributed by atoms with Crippen LogP contribution in [0.4, 0.5) is 5.69 Å². The number of rotatable bonds is 6. The van der Waals surface area contributed by atoms with Crippen molar-refractivity contribution in [3.63, 3.8) is 0 Å². The highest BCUT2D eigenvalue weighted by Crippen LogP contribution is 2.40. The first-order valence-electron chi connectivity index (χ1n) is 7.83. The second kappa shape index (κ2) is 8.58. The lowest BCUT2D eigenvalue weighted by Gasteiger charge is -2.14. The molecular weight excluding hydrogens is 332 g/mol. The molecule has 0 heterocycles. The van der Waals surface area contributed by atoms with Gasteiger partial charge in [-0.25, -0.2) is 0 Å². The molecule has 26 heavy (non-hydrogen) atoms. The molecule has 2 aromatic rings. The number of methoxy groups -OCH3 is 3. The standard InChI is InChI=1S/C20H20N2O4/c1-13-7-5-6-8-16(13)22-20(23)15(12-21)11-14-9-10-17(24-2)19(26-4)18(14)25-3/h5-11H,1-4H3,(H,22,23)/b15-11+. The number of para-hydroxylation sites is 1. The second-order valence-electron chi connectivity index (χ2n) is 5.36. The van der Waals surface area contributed by atoms with Gasteiger partial charge in [-0.15, -0.1) is 0 Å². The van der Waals surface area contributed by atoms with E-state index in [4.69, 9.17) is 14.2 Å². The van der Waals surface area contributed by atoms with Crippen LogP contribution in [0.25, 0.3) is 6.08 Å². The summed E-state index contributed by atoms with van der Waals surface area (Å²) in [5, 5.41) is 12.2. The Morgan fingerprint density at radius 3 is 2.31 bits per heavy atom. The van der Waals surface area contributed by atoms with Gasteiger partial charge >= 0.3 is 0 Å². The molecular formula is C20H20N2O4. The fourth-order valence-electron chi connectivity index (χ4n) is 2.44. The van der Waals surface area contributed by atoms with E-state index in [-0.39, 0.29) is 5.57 Å². The van der Waals surface area contributed by atoms with Gasteiger partial charge in [0.05, 0.1) is 21.3 Å². The Labute approximate surface area is 152 Å². The maximum atomic E-state index is 12.5. The molecule has 0 aliphatic heterocycles. The summed E-state index contributed by atoms with van der Waals surface area (Å²) in [5.74, 6) is 0.756. The van der Waals surface area contributed by atoms with Crippen molar-refractivity contribution in [2.24, 2.45) is 0 Å². The van der Waals surface area contributed by atoms with Crippen LogP contribution >= 0.6 is 0 Å². The molecule has 0 fully saturated rings. The number of carbonyl (C=O) groups is 1. The van der Waals surface area contributed by atoms with Crippen molar-refractivity contribution in [2.45, 2.75) is 6.92 Å². The third-order valence-corrected chi connectivity index (χ3v) is 3.79. The number of ether oxygens (including phenoxy) is 3. The van der Waals surface area contributed by atoms with Gasteiger partial charge in [0.2, 0.25) is 5.75 Å². The summed E-state index contributed by atoms with van der Waals surface area (Å²) in [6.07, 6.45) is 1.45. The molecule has 2 aromatic carbocycles. The molecule has 0 radical (unpaired) electrons. The summed E-state index contributed by atoms with van der Waals surface area (Å²) in [5.41, 5.74) is 2.03. The predicted octanol–water partition coefficient (Wildman–Crippen LogP) is 3.57. The highest BCUT2D eigenvalue weighted by atomic mass is 16.5. The zero-order chi connectivity index (χ0) is 19.1. The highest BCUT2D eigenvalue weighted by Gasteiger charge is 2.17. The van der Waals surface area contributed by atoms with Gasteiger partial charge in [0.15, 0.2) is 11.5 Å². The van der Waals surface area contributed by atoms with Gasteiger partial charge in [-0.1, -0.05) is 18.2 Å². The van der Waals surface area contributed by atoms with Gasteiger partial charge in [0.25, 0.3) is 5.91 Å². The largest absolute Gasteiger partial charge is 0.493 e. The topological polar surface area (TPSA) is 80.6 Å². The van der Waals surface area contributed by atoms with E-state index >= 15 is 0 Å². The van der Waals surface area contributed by atoms with Crippen molar-refractivity contribution in [1.82, 2.24) is 0 Å². The Morgan fingerprint density at radius 2 is 1.73 bits per heavy atom. The van der Waals surface area contributed by atoms with Crippen molar-refractivity contribution >= 4 is 17.7 Å². The van der Waals surface area contributed by atoms with E-state index in [1.807, 2.05) is 31.2 Å². The lowest BCUT2D eigenvalue weighted by molar-refractivity contribution is -0.112. The molecule has 1 amide bonds. The number of hydrogen-bond donors (Lipinski definition) is 1. The van der Waals surface area contributed by atoms with E-state index in [1.54, 1.807) is 18.2 Å². The number of aryl methyl sites for hydroxylation is 1. The van der Waals surface area contributed by atoms with E-state index < -0.39 is 5.91 Å². The highest BCUT2D eigenvalue weighted by molar-refractivity contribution is 6.10. The van der Waals surface area contributed by atoms with Crippen LogP contribution in [-0.2, 0) is 4.79 Å². The van der Waals surface area contributed by atoms with Crippen molar-refractivity contribution in [3.05, 3.63) is 53.1 Å². The van der Waals surface area contributed by atoms with Crippen LogP contribution in [0.2, 0.25) is 0 Å². The summed E-state index contributed by atoms with van der Waals surface area (Å²) in [4.78, 5) is 12.5. The Hall–Kier alpha value is -3.46. The minimum atomic E-state index is -0.501.